The zero-order chi connectivity index (χ0) is 15.5. The van der Waals surface area contributed by atoms with Gasteiger partial charge in [0, 0.05) is 6.61 Å². The highest BCUT2D eigenvalue weighted by Crippen LogP contribution is 2.26. The molecule has 0 heterocycles. The van der Waals surface area contributed by atoms with Crippen molar-refractivity contribution in [2.75, 3.05) is 24.1 Å². The number of rotatable bonds is 6. The van der Waals surface area contributed by atoms with E-state index in [0.29, 0.717) is 6.61 Å². The van der Waals surface area contributed by atoms with Crippen LogP contribution >= 0.6 is 11.6 Å². The molecule has 0 saturated heterocycles. The summed E-state index contributed by atoms with van der Waals surface area (Å²) in [6.07, 6.45) is 0.870. The van der Waals surface area contributed by atoms with Gasteiger partial charge < -0.3 is 9.53 Å². The Labute approximate surface area is 125 Å². The van der Waals surface area contributed by atoms with Gasteiger partial charge in [-0.15, -0.1) is 11.6 Å². The second kappa shape index (κ2) is 10.4. The third-order valence-corrected chi connectivity index (χ3v) is 3.04. The molecule has 0 radical (unpaired) electrons. The number of aryl methyl sites for hydroxylation is 2. The van der Waals surface area contributed by atoms with Crippen molar-refractivity contribution in [3.63, 3.8) is 0 Å². The number of carbonyl (C=O) groups is 2. The summed E-state index contributed by atoms with van der Waals surface area (Å²) in [5.41, 5.74) is 3.12. The Morgan fingerprint density at radius 1 is 1.35 bits per heavy atom. The Morgan fingerprint density at radius 3 is 2.50 bits per heavy atom. The van der Waals surface area contributed by atoms with Crippen LogP contribution in [0, 0.1) is 6.92 Å². The van der Waals surface area contributed by atoms with Crippen molar-refractivity contribution in [1.29, 1.82) is 0 Å². The second-order valence-electron chi connectivity index (χ2n) is 4.01. The minimum absolute atomic E-state index is 0.0371. The first-order valence-electron chi connectivity index (χ1n) is 6.47. The number of halogens is 1. The van der Waals surface area contributed by atoms with Crippen molar-refractivity contribution in [1.82, 2.24) is 0 Å². The van der Waals surface area contributed by atoms with Crippen LogP contribution in [0.4, 0.5) is 5.69 Å². The van der Waals surface area contributed by atoms with Crippen molar-refractivity contribution in [2.45, 2.75) is 27.2 Å². The lowest BCUT2D eigenvalue weighted by molar-refractivity contribution is -0.117. The number of benzene rings is 1. The van der Waals surface area contributed by atoms with E-state index < -0.39 is 0 Å². The van der Waals surface area contributed by atoms with E-state index in [2.05, 4.69) is 6.92 Å². The zero-order valence-corrected chi connectivity index (χ0v) is 13.1. The monoisotopic (exact) mass is 299 g/mol. The SMILES string of the molecule is C=O.CCOCN(C(=O)CCl)c1c(C)cccc1CC. The number of anilines is 1. The molecule has 0 aromatic heterocycles. The molecule has 4 nitrogen and oxygen atoms in total. The maximum absolute atomic E-state index is 12.0. The van der Waals surface area contributed by atoms with Gasteiger partial charge in [-0.05, 0) is 31.4 Å². The minimum Gasteiger partial charge on any atom is -0.361 e. The molecule has 20 heavy (non-hydrogen) atoms. The van der Waals surface area contributed by atoms with Crippen molar-refractivity contribution in [2.24, 2.45) is 0 Å². The largest absolute Gasteiger partial charge is 0.361 e. The van der Waals surface area contributed by atoms with Crippen LogP contribution in [0.25, 0.3) is 0 Å². The summed E-state index contributed by atoms with van der Waals surface area (Å²) in [6, 6.07) is 6.03. The molecule has 0 unspecified atom stereocenters. The molecule has 1 rings (SSSR count). The fourth-order valence-electron chi connectivity index (χ4n) is 1.91. The third-order valence-electron chi connectivity index (χ3n) is 2.81. The molecular formula is C15H22ClNO3. The Bertz CT molecular complexity index is 424. The second-order valence-corrected chi connectivity index (χ2v) is 4.28. The highest BCUT2D eigenvalue weighted by molar-refractivity contribution is 6.29. The number of hydrogen-bond donors (Lipinski definition) is 0. The molecule has 112 valence electrons. The van der Waals surface area contributed by atoms with Gasteiger partial charge in [0.25, 0.3) is 0 Å². The molecule has 0 bridgehead atoms. The normalized spacial score (nSPS) is 9.60. The predicted octanol–water partition coefficient (Wildman–Crippen LogP) is 2.94. The number of para-hydroxylation sites is 1. The topological polar surface area (TPSA) is 46.6 Å². The van der Waals surface area contributed by atoms with Crippen molar-refractivity contribution in [3.05, 3.63) is 29.3 Å². The molecule has 1 amide bonds. The van der Waals surface area contributed by atoms with E-state index >= 15 is 0 Å². The smallest absolute Gasteiger partial charge is 0.243 e. The minimum atomic E-state index is -0.130. The summed E-state index contributed by atoms with van der Waals surface area (Å²) in [6.45, 7) is 8.79. The maximum Gasteiger partial charge on any atom is 0.243 e. The summed E-state index contributed by atoms with van der Waals surface area (Å²) in [4.78, 5) is 21.6. The van der Waals surface area contributed by atoms with Crippen LogP contribution in [-0.2, 0) is 20.7 Å². The number of amides is 1. The summed E-state index contributed by atoms with van der Waals surface area (Å²) in [7, 11) is 0. The fourth-order valence-corrected chi connectivity index (χ4v) is 2.05. The van der Waals surface area contributed by atoms with Crippen molar-refractivity contribution < 1.29 is 14.3 Å². The Balaban J connectivity index is 0.00000172. The highest BCUT2D eigenvalue weighted by atomic mass is 35.5. The van der Waals surface area contributed by atoms with Crippen LogP contribution in [-0.4, -0.2) is 31.9 Å². The van der Waals surface area contributed by atoms with Crippen LogP contribution in [0.15, 0.2) is 18.2 Å². The summed E-state index contributed by atoms with van der Waals surface area (Å²) < 4.78 is 5.37. The van der Waals surface area contributed by atoms with Crippen LogP contribution in [0.3, 0.4) is 0 Å². The van der Waals surface area contributed by atoms with Gasteiger partial charge in [0.2, 0.25) is 5.91 Å². The van der Waals surface area contributed by atoms with E-state index in [1.165, 1.54) is 0 Å². The molecule has 0 aliphatic carbocycles. The molecule has 0 fully saturated rings. The average molecular weight is 300 g/mol. The van der Waals surface area contributed by atoms with Crippen LogP contribution in [0.2, 0.25) is 0 Å². The number of nitrogens with zero attached hydrogens (tertiary/aromatic N) is 1. The number of hydrogen-bond acceptors (Lipinski definition) is 3. The van der Waals surface area contributed by atoms with Crippen LogP contribution < -0.4 is 4.90 Å². The highest BCUT2D eigenvalue weighted by Gasteiger charge is 2.19. The Kier molecular flexibility index (Phi) is 9.68. The first kappa shape index (κ1) is 18.6. The Hall–Kier alpha value is -1.39. The zero-order valence-electron chi connectivity index (χ0n) is 12.3. The molecule has 1 aromatic carbocycles. The van der Waals surface area contributed by atoms with Gasteiger partial charge in [0.15, 0.2) is 0 Å². The lowest BCUT2D eigenvalue weighted by Crippen LogP contribution is -2.35. The van der Waals surface area contributed by atoms with Gasteiger partial charge in [-0.3, -0.25) is 9.69 Å². The van der Waals surface area contributed by atoms with Gasteiger partial charge in [-0.25, -0.2) is 0 Å². The third kappa shape index (κ3) is 4.94. The average Bonchev–Trinajstić information content (AvgIpc) is 2.50. The van der Waals surface area contributed by atoms with Crippen molar-refractivity contribution in [3.8, 4) is 0 Å². The van der Waals surface area contributed by atoms with Gasteiger partial charge in [0.05, 0.1) is 5.69 Å². The summed E-state index contributed by atoms with van der Waals surface area (Å²) >= 11 is 5.68. The molecule has 5 heteroatoms. The molecule has 0 spiro atoms. The quantitative estimate of drug-likeness (QED) is 0.599. The van der Waals surface area contributed by atoms with E-state index in [0.717, 1.165) is 23.2 Å². The van der Waals surface area contributed by atoms with E-state index in [-0.39, 0.29) is 18.5 Å². The first-order valence-corrected chi connectivity index (χ1v) is 7.00. The Morgan fingerprint density at radius 2 is 2.00 bits per heavy atom. The van der Waals surface area contributed by atoms with Gasteiger partial charge >= 0.3 is 0 Å². The number of carbonyl (C=O) groups excluding carboxylic acids is 2. The molecule has 1 aromatic rings. The van der Waals surface area contributed by atoms with Gasteiger partial charge in [0.1, 0.15) is 19.4 Å². The first-order chi connectivity index (χ1) is 9.65. The molecule has 0 N–H and O–H groups in total. The standard InChI is InChI=1S/C14H20ClNO2.CH2O/c1-4-12-8-6-7-11(3)14(12)16(10-18-5-2)13(17)9-15;1-2/h6-8H,4-5,9-10H2,1-3H3;1H2. The van der Waals surface area contributed by atoms with E-state index in [1.54, 1.807) is 4.90 Å². The van der Waals surface area contributed by atoms with E-state index in [4.69, 9.17) is 21.1 Å². The van der Waals surface area contributed by atoms with Crippen LogP contribution in [0.1, 0.15) is 25.0 Å². The number of alkyl halides is 1. The predicted molar refractivity (Wildman–Crippen MR) is 82.4 cm³/mol. The van der Waals surface area contributed by atoms with Gasteiger partial charge in [-0.1, -0.05) is 25.1 Å². The van der Waals surface area contributed by atoms with Crippen LogP contribution in [0.5, 0.6) is 0 Å². The molecule has 0 atom stereocenters. The van der Waals surface area contributed by atoms with E-state index in [9.17, 15) is 4.79 Å². The summed E-state index contributed by atoms with van der Waals surface area (Å²) in [5.74, 6) is -0.168. The molecular weight excluding hydrogens is 278 g/mol. The lowest BCUT2D eigenvalue weighted by Gasteiger charge is -2.25. The summed E-state index contributed by atoms with van der Waals surface area (Å²) in [5, 5.41) is 0. The molecule has 0 aliphatic rings. The maximum atomic E-state index is 12.0. The van der Waals surface area contributed by atoms with Crippen molar-refractivity contribution >= 4 is 30.0 Å². The lowest BCUT2D eigenvalue weighted by atomic mass is 10.0. The number of ether oxygens (including phenoxy) is 1. The molecule has 0 aliphatic heterocycles. The van der Waals surface area contributed by atoms with Gasteiger partial charge in [-0.2, -0.15) is 0 Å². The fraction of sp³-hybridized carbons (Fsp3) is 0.467. The van der Waals surface area contributed by atoms with E-state index in [1.807, 2.05) is 38.8 Å². The molecule has 0 saturated carbocycles.